The van der Waals surface area contributed by atoms with Crippen LogP contribution in [0.4, 0.5) is 0 Å². The predicted octanol–water partition coefficient (Wildman–Crippen LogP) is 2.93. The van der Waals surface area contributed by atoms with Gasteiger partial charge in [0.2, 0.25) is 0 Å². The van der Waals surface area contributed by atoms with Crippen LogP contribution in [0.15, 0.2) is 12.4 Å². The summed E-state index contributed by atoms with van der Waals surface area (Å²) in [5.41, 5.74) is 0.942. The first-order valence-electron chi connectivity index (χ1n) is 5.82. The third kappa shape index (κ3) is 2.81. The molecule has 3 nitrogen and oxygen atoms in total. The van der Waals surface area contributed by atoms with Crippen LogP contribution in [0, 0.1) is 5.92 Å². The molecule has 0 radical (unpaired) electrons. The van der Waals surface area contributed by atoms with Crippen LogP contribution in [0.25, 0.3) is 0 Å². The molecule has 1 aromatic heterocycles. The summed E-state index contributed by atoms with van der Waals surface area (Å²) in [5, 5.41) is 14.4. The van der Waals surface area contributed by atoms with Gasteiger partial charge in [0, 0.05) is 17.8 Å². The van der Waals surface area contributed by atoms with Crippen LogP contribution >= 0.6 is 0 Å². The van der Waals surface area contributed by atoms with Gasteiger partial charge in [0.25, 0.3) is 0 Å². The van der Waals surface area contributed by atoms with E-state index in [-0.39, 0.29) is 6.10 Å². The summed E-state index contributed by atoms with van der Waals surface area (Å²) in [7, 11) is 0. The summed E-state index contributed by atoms with van der Waals surface area (Å²) >= 11 is 0. The molecule has 0 bridgehead atoms. The van der Waals surface area contributed by atoms with Gasteiger partial charge in [-0.1, -0.05) is 26.7 Å². The van der Waals surface area contributed by atoms with E-state index < -0.39 is 0 Å². The highest BCUT2D eigenvalue weighted by molar-refractivity contribution is 5.09. The zero-order valence-electron chi connectivity index (χ0n) is 10.1. The number of aliphatic hydroxyl groups excluding tert-OH is 1. The van der Waals surface area contributed by atoms with Crippen molar-refractivity contribution in [2.24, 2.45) is 5.92 Å². The van der Waals surface area contributed by atoms with Gasteiger partial charge >= 0.3 is 0 Å². The highest BCUT2D eigenvalue weighted by Gasteiger charge is 2.19. The van der Waals surface area contributed by atoms with Crippen molar-refractivity contribution in [2.75, 3.05) is 0 Å². The van der Waals surface area contributed by atoms with Gasteiger partial charge in [-0.2, -0.15) is 5.10 Å². The van der Waals surface area contributed by atoms with Gasteiger partial charge in [-0.3, -0.25) is 4.68 Å². The number of aliphatic hydroxyl groups is 1. The van der Waals surface area contributed by atoms with Crippen LogP contribution in [0.3, 0.4) is 0 Å². The Morgan fingerprint density at radius 3 is 2.33 bits per heavy atom. The van der Waals surface area contributed by atoms with Crippen LogP contribution in [0.5, 0.6) is 0 Å². The summed E-state index contributed by atoms with van der Waals surface area (Å²) < 4.78 is 1.89. The molecule has 0 spiro atoms. The molecular weight excluding hydrogens is 188 g/mol. The molecule has 15 heavy (non-hydrogen) atoms. The minimum atomic E-state index is -0.368. The summed E-state index contributed by atoms with van der Waals surface area (Å²) in [4.78, 5) is 0. The van der Waals surface area contributed by atoms with Gasteiger partial charge < -0.3 is 5.11 Å². The van der Waals surface area contributed by atoms with Crippen molar-refractivity contribution in [3.63, 3.8) is 0 Å². The molecule has 0 amide bonds. The lowest BCUT2D eigenvalue weighted by Crippen LogP contribution is -2.10. The van der Waals surface area contributed by atoms with Crippen molar-refractivity contribution in [3.05, 3.63) is 18.0 Å². The number of rotatable bonds is 5. The van der Waals surface area contributed by atoms with E-state index in [0.29, 0.717) is 12.0 Å². The van der Waals surface area contributed by atoms with E-state index in [1.165, 1.54) is 0 Å². The lowest BCUT2D eigenvalue weighted by molar-refractivity contribution is 0.103. The standard InChI is InChI=1S/C12H22N2O/c1-5-10(6-2)12(15)11-7-13-14(8-11)9(3)4/h7-10,12,15H,5-6H2,1-4H3. The summed E-state index contributed by atoms with van der Waals surface area (Å²) in [6.45, 7) is 8.40. The van der Waals surface area contributed by atoms with E-state index in [1.807, 2.05) is 10.9 Å². The molecule has 1 atom stereocenters. The Labute approximate surface area is 92.1 Å². The number of hydrogen-bond donors (Lipinski definition) is 1. The second kappa shape index (κ2) is 5.31. The fraction of sp³-hybridized carbons (Fsp3) is 0.750. The first-order valence-corrected chi connectivity index (χ1v) is 5.82. The third-order valence-corrected chi connectivity index (χ3v) is 2.99. The molecule has 1 unspecified atom stereocenters. The Kier molecular flexibility index (Phi) is 4.33. The van der Waals surface area contributed by atoms with E-state index in [1.54, 1.807) is 6.20 Å². The third-order valence-electron chi connectivity index (χ3n) is 2.99. The molecule has 1 heterocycles. The molecular formula is C12H22N2O. The Bertz CT molecular complexity index is 290. The van der Waals surface area contributed by atoms with E-state index >= 15 is 0 Å². The molecule has 3 heteroatoms. The average Bonchev–Trinajstić information content (AvgIpc) is 2.68. The van der Waals surface area contributed by atoms with Crippen LogP contribution in [-0.4, -0.2) is 14.9 Å². The summed E-state index contributed by atoms with van der Waals surface area (Å²) in [5.74, 6) is 0.342. The lowest BCUT2D eigenvalue weighted by Gasteiger charge is -2.18. The SMILES string of the molecule is CCC(CC)C(O)c1cnn(C(C)C)c1. The molecule has 1 N–H and O–H groups in total. The highest BCUT2D eigenvalue weighted by Crippen LogP contribution is 2.27. The minimum Gasteiger partial charge on any atom is -0.388 e. The van der Waals surface area contributed by atoms with Crippen molar-refractivity contribution < 1.29 is 5.11 Å². The Balaban J connectivity index is 2.77. The lowest BCUT2D eigenvalue weighted by atomic mass is 9.93. The van der Waals surface area contributed by atoms with Gasteiger partial charge in [0.05, 0.1) is 12.3 Å². The molecule has 0 aliphatic carbocycles. The van der Waals surface area contributed by atoms with Gasteiger partial charge in [0.15, 0.2) is 0 Å². The summed E-state index contributed by atoms with van der Waals surface area (Å²) in [6, 6.07) is 0.354. The van der Waals surface area contributed by atoms with Crippen LogP contribution in [-0.2, 0) is 0 Å². The van der Waals surface area contributed by atoms with E-state index in [0.717, 1.165) is 18.4 Å². The zero-order chi connectivity index (χ0) is 11.4. The summed E-state index contributed by atoms with van der Waals surface area (Å²) in [6.07, 6.45) is 5.37. The Hall–Kier alpha value is -0.830. The number of aromatic nitrogens is 2. The Morgan fingerprint density at radius 2 is 1.93 bits per heavy atom. The van der Waals surface area contributed by atoms with Crippen molar-refractivity contribution in [1.82, 2.24) is 9.78 Å². The van der Waals surface area contributed by atoms with Crippen molar-refractivity contribution in [2.45, 2.75) is 52.7 Å². The smallest absolute Gasteiger partial charge is 0.0848 e. The largest absolute Gasteiger partial charge is 0.388 e. The monoisotopic (exact) mass is 210 g/mol. The van der Waals surface area contributed by atoms with Crippen LogP contribution < -0.4 is 0 Å². The molecule has 0 aliphatic rings. The second-order valence-corrected chi connectivity index (χ2v) is 4.37. The molecule has 1 aromatic rings. The molecule has 0 saturated heterocycles. The van der Waals surface area contributed by atoms with Gasteiger partial charge in [-0.15, -0.1) is 0 Å². The van der Waals surface area contributed by atoms with Gasteiger partial charge in [0.1, 0.15) is 0 Å². The Morgan fingerprint density at radius 1 is 1.33 bits per heavy atom. The molecule has 0 fully saturated rings. The maximum Gasteiger partial charge on any atom is 0.0848 e. The van der Waals surface area contributed by atoms with Crippen molar-refractivity contribution in [1.29, 1.82) is 0 Å². The maximum absolute atomic E-state index is 10.1. The molecule has 0 aliphatic heterocycles. The van der Waals surface area contributed by atoms with Crippen molar-refractivity contribution >= 4 is 0 Å². The molecule has 86 valence electrons. The fourth-order valence-electron chi connectivity index (χ4n) is 1.80. The fourth-order valence-corrected chi connectivity index (χ4v) is 1.80. The second-order valence-electron chi connectivity index (χ2n) is 4.37. The number of hydrogen-bond acceptors (Lipinski definition) is 2. The quantitative estimate of drug-likeness (QED) is 0.811. The zero-order valence-corrected chi connectivity index (χ0v) is 10.1. The van der Waals surface area contributed by atoms with E-state index in [2.05, 4.69) is 32.8 Å². The highest BCUT2D eigenvalue weighted by atomic mass is 16.3. The average molecular weight is 210 g/mol. The topological polar surface area (TPSA) is 38.1 Å². The van der Waals surface area contributed by atoms with E-state index in [9.17, 15) is 5.11 Å². The molecule has 1 rings (SSSR count). The maximum atomic E-state index is 10.1. The minimum absolute atomic E-state index is 0.342. The van der Waals surface area contributed by atoms with Crippen LogP contribution in [0.2, 0.25) is 0 Å². The normalized spacial score (nSPS) is 13.8. The molecule has 0 aromatic carbocycles. The van der Waals surface area contributed by atoms with E-state index in [4.69, 9.17) is 0 Å². The van der Waals surface area contributed by atoms with Gasteiger partial charge in [-0.05, 0) is 19.8 Å². The van der Waals surface area contributed by atoms with Gasteiger partial charge in [-0.25, -0.2) is 0 Å². The first kappa shape index (κ1) is 12.2. The van der Waals surface area contributed by atoms with Crippen molar-refractivity contribution in [3.8, 4) is 0 Å². The number of nitrogens with zero attached hydrogens (tertiary/aromatic N) is 2. The first-order chi connectivity index (χ1) is 7.10. The molecule has 0 saturated carbocycles. The van der Waals surface area contributed by atoms with Crippen LogP contribution in [0.1, 0.15) is 58.2 Å². The predicted molar refractivity (Wildman–Crippen MR) is 61.6 cm³/mol.